The van der Waals surface area contributed by atoms with Crippen LogP contribution < -0.4 is 0 Å². The molecule has 1 nitrogen and oxygen atoms in total. The summed E-state index contributed by atoms with van der Waals surface area (Å²) in [6.45, 7) is 14.8. The second-order valence-electron chi connectivity index (χ2n) is 12.5. The summed E-state index contributed by atoms with van der Waals surface area (Å²) in [5.74, 6) is 6.97. The first-order valence-electron chi connectivity index (χ1n) is 12.9. The molecule has 0 aliphatic heterocycles. The van der Waals surface area contributed by atoms with Crippen molar-refractivity contribution >= 4 is 5.78 Å². The van der Waals surface area contributed by atoms with Crippen molar-refractivity contribution in [3.05, 3.63) is 12.2 Å². The van der Waals surface area contributed by atoms with E-state index in [1.54, 1.807) is 0 Å². The number of Topliss-reactive ketones (excluding diaryl/α,β-unsaturated/α-hetero) is 1. The Morgan fingerprint density at radius 2 is 1.59 bits per heavy atom. The number of ketones is 1. The maximum absolute atomic E-state index is 12.1. The molecule has 0 aromatic heterocycles. The van der Waals surface area contributed by atoms with Crippen LogP contribution in [0.2, 0.25) is 0 Å². The molecule has 4 aliphatic carbocycles. The summed E-state index contributed by atoms with van der Waals surface area (Å²) in [4.78, 5) is 12.1. The van der Waals surface area contributed by atoms with E-state index in [0.717, 1.165) is 42.4 Å². The van der Waals surface area contributed by atoms with Gasteiger partial charge in [-0.15, -0.1) is 0 Å². The van der Waals surface area contributed by atoms with Crippen molar-refractivity contribution < 1.29 is 4.79 Å². The third-order valence-electron chi connectivity index (χ3n) is 11.0. The Hall–Kier alpha value is -0.590. The van der Waals surface area contributed by atoms with Crippen LogP contribution in [0.5, 0.6) is 0 Å². The van der Waals surface area contributed by atoms with Crippen LogP contribution in [-0.2, 0) is 4.79 Å². The van der Waals surface area contributed by atoms with Crippen LogP contribution in [0.3, 0.4) is 0 Å². The zero-order chi connectivity index (χ0) is 21.0. The van der Waals surface area contributed by atoms with Crippen molar-refractivity contribution in [2.75, 3.05) is 0 Å². The van der Waals surface area contributed by atoms with Gasteiger partial charge in [0.15, 0.2) is 0 Å². The number of rotatable bonds is 4. The van der Waals surface area contributed by atoms with Gasteiger partial charge in [0.25, 0.3) is 0 Å². The molecule has 4 rings (SSSR count). The Bertz CT molecular complexity index is 647. The van der Waals surface area contributed by atoms with E-state index >= 15 is 0 Å². The summed E-state index contributed by atoms with van der Waals surface area (Å²) in [5.41, 5.74) is 0.994. The molecule has 4 aliphatic rings. The molecule has 0 unspecified atom stereocenters. The Morgan fingerprint density at radius 3 is 2.31 bits per heavy atom. The van der Waals surface area contributed by atoms with Crippen molar-refractivity contribution in [3.8, 4) is 0 Å². The molecular weight excluding hydrogens is 352 g/mol. The fourth-order valence-corrected chi connectivity index (χ4v) is 8.66. The molecule has 9 atom stereocenters. The van der Waals surface area contributed by atoms with Crippen LogP contribution in [0, 0.1) is 58.2 Å². The highest BCUT2D eigenvalue weighted by Gasteiger charge is 2.60. The third-order valence-corrected chi connectivity index (χ3v) is 11.0. The number of hydrogen-bond acceptors (Lipinski definition) is 1. The van der Waals surface area contributed by atoms with Crippen LogP contribution in [0.1, 0.15) is 99.3 Å². The minimum Gasteiger partial charge on any atom is -0.300 e. The van der Waals surface area contributed by atoms with Gasteiger partial charge in [0, 0.05) is 12.8 Å². The molecule has 0 bridgehead atoms. The van der Waals surface area contributed by atoms with Gasteiger partial charge in [-0.1, -0.05) is 53.7 Å². The van der Waals surface area contributed by atoms with Crippen molar-refractivity contribution in [2.24, 2.45) is 58.2 Å². The number of carbonyl (C=O) groups excluding carboxylic acids is 1. The van der Waals surface area contributed by atoms with Crippen molar-refractivity contribution in [2.45, 2.75) is 99.3 Å². The molecule has 0 aromatic carbocycles. The van der Waals surface area contributed by atoms with Gasteiger partial charge < -0.3 is 0 Å². The first kappa shape index (κ1) is 21.6. The van der Waals surface area contributed by atoms with Gasteiger partial charge in [-0.3, -0.25) is 4.79 Å². The summed E-state index contributed by atoms with van der Waals surface area (Å²) in [6, 6.07) is 0. The maximum atomic E-state index is 12.1. The molecule has 0 N–H and O–H groups in total. The zero-order valence-corrected chi connectivity index (χ0v) is 20.0. The SMILES string of the molecule is CC(C)[C@@H](C)/C=C/[C@@H](C)[C@H]1CC[C@H]2[C@@H]3CC[C@@H]4CC(=O)CC[C@]4(C)[C@H]3CC[C@]12C. The molecule has 0 amide bonds. The fourth-order valence-electron chi connectivity index (χ4n) is 8.66. The quantitative estimate of drug-likeness (QED) is 0.443. The second kappa shape index (κ2) is 7.83. The lowest BCUT2D eigenvalue weighted by Crippen LogP contribution is -2.53. The lowest BCUT2D eigenvalue weighted by molar-refractivity contribution is -0.140. The van der Waals surface area contributed by atoms with Crippen molar-refractivity contribution in [3.63, 3.8) is 0 Å². The zero-order valence-electron chi connectivity index (χ0n) is 20.0. The first-order chi connectivity index (χ1) is 13.7. The largest absolute Gasteiger partial charge is 0.300 e. The van der Waals surface area contributed by atoms with Gasteiger partial charge >= 0.3 is 0 Å². The summed E-state index contributed by atoms with van der Waals surface area (Å²) < 4.78 is 0. The van der Waals surface area contributed by atoms with Gasteiger partial charge in [-0.05, 0) is 103 Å². The van der Waals surface area contributed by atoms with Crippen molar-refractivity contribution in [1.29, 1.82) is 0 Å². The van der Waals surface area contributed by atoms with Crippen LogP contribution >= 0.6 is 0 Å². The first-order valence-corrected chi connectivity index (χ1v) is 12.9. The van der Waals surface area contributed by atoms with Crippen LogP contribution in [0.25, 0.3) is 0 Å². The van der Waals surface area contributed by atoms with Crippen LogP contribution in [0.4, 0.5) is 0 Å². The Labute approximate surface area is 180 Å². The van der Waals surface area contributed by atoms with Gasteiger partial charge in [-0.25, -0.2) is 0 Å². The molecule has 0 saturated heterocycles. The highest BCUT2D eigenvalue weighted by molar-refractivity contribution is 5.79. The molecule has 29 heavy (non-hydrogen) atoms. The molecular formula is C28H46O. The Kier molecular flexibility index (Phi) is 5.84. The van der Waals surface area contributed by atoms with Gasteiger partial charge in [0.1, 0.15) is 5.78 Å². The predicted molar refractivity (Wildman–Crippen MR) is 123 cm³/mol. The summed E-state index contributed by atoms with van der Waals surface area (Å²) in [6.07, 6.45) is 16.5. The van der Waals surface area contributed by atoms with Crippen LogP contribution in [0.15, 0.2) is 12.2 Å². The van der Waals surface area contributed by atoms with E-state index in [4.69, 9.17) is 0 Å². The fraction of sp³-hybridized carbons (Fsp3) is 0.893. The Balaban J connectivity index is 1.51. The molecule has 4 saturated carbocycles. The van der Waals surface area contributed by atoms with E-state index < -0.39 is 0 Å². The molecule has 0 heterocycles. The Morgan fingerprint density at radius 1 is 0.862 bits per heavy atom. The number of hydrogen-bond donors (Lipinski definition) is 0. The minimum atomic E-state index is 0.453. The number of fused-ring (bicyclic) bond motifs is 5. The van der Waals surface area contributed by atoms with Gasteiger partial charge in [0.05, 0.1) is 0 Å². The van der Waals surface area contributed by atoms with E-state index in [1.165, 1.54) is 44.9 Å². The second-order valence-corrected chi connectivity index (χ2v) is 12.5. The number of allylic oxidation sites excluding steroid dienone is 2. The van der Waals surface area contributed by atoms with Crippen molar-refractivity contribution in [1.82, 2.24) is 0 Å². The van der Waals surface area contributed by atoms with Gasteiger partial charge in [0.2, 0.25) is 0 Å². The summed E-state index contributed by atoms with van der Waals surface area (Å²) in [7, 11) is 0. The average Bonchev–Trinajstić information content (AvgIpc) is 3.03. The highest BCUT2D eigenvalue weighted by atomic mass is 16.1. The normalized spacial score (nSPS) is 47.0. The van der Waals surface area contributed by atoms with E-state index in [0.29, 0.717) is 34.4 Å². The van der Waals surface area contributed by atoms with E-state index in [2.05, 4.69) is 53.7 Å². The third kappa shape index (κ3) is 3.57. The average molecular weight is 399 g/mol. The standard InChI is InChI=1S/C28H46O/c1-18(2)19(3)7-8-20(4)24-11-12-25-23-10-9-21-17-22(29)13-15-27(21,5)26(23)14-16-28(24,25)6/h7-8,18-21,23-26H,9-17H2,1-6H3/b8-7+/t19-,20+,21+,23-,24+,25-,26-,27-,28+/m0/s1. The molecule has 0 aromatic rings. The molecule has 0 radical (unpaired) electrons. The highest BCUT2D eigenvalue weighted by Crippen LogP contribution is 2.68. The van der Waals surface area contributed by atoms with E-state index in [9.17, 15) is 4.79 Å². The number of carbonyl (C=O) groups is 1. The van der Waals surface area contributed by atoms with Gasteiger partial charge in [-0.2, -0.15) is 0 Å². The lowest BCUT2D eigenvalue weighted by atomic mass is 9.44. The monoisotopic (exact) mass is 398 g/mol. The van der Waals surface area contributed by atoms with E-state index in [-0.39, 0.29) is 0 Å². The summed E-state index contributed by atoms with van der Waals surface area (Å²) in [5, 5.41) is 0. The van der Waals surface area contributed by atoms with Crippen LogP contribution in [-0.4, -0.2) is 5.78 Å². The molecule has 4 fully saturated rings. The minimum absolute atomic E-state index is 0.453. The smallest absolute Gasteiger partial charge is 0.133 e. The summed E-state index contributed by atoms with van der Waals surface area (Å²) >= 11 is 0. The molecule has 0 spiro atoms. The van der Waals surface area contributed by atoms with E-state index in [1.807, 2.05) is 0 Å². The lowest BCUT2D eigenvalue weighted by Gasteiger charge is -2.60. The predicted octanol–water partition coefficient (Wildman–Crippen LogP) is 7.70. The molecule has 1 heteroatoms. The topological polar surface area (TPSA) is 17.1 Å². The maximum Gasteiger partial charge on any atom is 0.133 e. The molecule has 164 valence electrons.